The number of anilines is 2. The molecule has 1 amide bonds. The highest BCUT2D eigenvalue weighted by atomic mass is 16.1. The average Bonchev–Trinajstić information content (AvgIpc) is 2.82. The molecule has 0 unspecified atom stereocenters. The molecular weight excluding hydrogens is 396 g/mol. The minimum absolute atomic E-state index is 0.160. The number of fused-ring (bicyclic) bond motifs is 1. The molecule has 3 aromatic rings. The van der Waals surface area contributed by atoms with E-state index < -0.39 is 0 Å². The van der Waals surface area contributed by atoms with E-state index in [0.717, 1.165) is 53.8 Å². The molecule has 4 rings (SSSR count). The van der Waals surface area contributed by atoms with Crippen LogP contribution in [-0.2, 0) is 0 Å². The van der Waals surface area contributed by atoms with Crippen LogP contribution in [0.3, 0.4) is 0 Å². The summed E-state index contributed by atoms with van der Waals surface area (Å²) < 4.78 is 0. The lowest BCUT2D eigenvalue weighted by molar-refractivity contribution is 0.102. The van der Waals surface area contributed by atoms with Gasteiger partial charge in [0.2, 0.25) is 0 Å². The second-order valence-corrected chi connectivity index (χ2v) is 8.02. The van der Waals surface area contributed by atoms with Crippen molar-refractivity contribution in [2.24, 2.45) is 0 Å². The number of aromatic nitrogens is 1. The van der Waals surface area contributed by atoms with Gasteiger partial charge < -0.3 is 15.1 Å². The fourth-order valence-electron chi connectivity index (χ4n) is 3.93. The fraction of sp³-hybridized carbons (Fsp3) is 0.222. The third-order valence-corrected chi connectivity index (χ3v) is 5.84. The maximum atomic E-state index is 12.9. The molecule has 0 atom stereocenters. The Kier molecular flexibility index (Phi) is 6.50. The Morgan fingerprint density at radius 3 is 2.62 bits per heavy atom. The summed E-state index contributed by atoms with van der Waals surface area (Å²) in [6, 6.07) is 15.9. The van der Waals surface area contributed by atoms with Crippen molar-refractivity contribution < 1.29 is 4.79 Å². The molecule has 0 aliphatic carbocycles. The number of hydrogen-bond donors (Lipinski definition) is 1. The van der Waals surface area contributed by atoms with Crippen molar-refractivity contribution in [3.05, 3.63) is 90.3 Å². The van der Waals surface area contributed by atoms with E-state index in [4.69, 9.17) is 0 Å². The van der Waals surface area contributed by atoms with E-state index in [2.05, 4.69) is 57.7 Å². The van der Waals surface area contributed by atoms with Crippen LogP contribution in [0.15, 0.2) is 79.2 Å². The first-order chi connectivity index (χ1) is 15.6. The molecule has 1 N–H and O–H groups in total. The first-order valence-corrected chi connectivity index (χ1v) is 10.8. The maximum Gasteiger partial charge on any atom is 0.256 e. The Balaban J connectivity index is 1.54. The van der Waals surface area contributed by atoms with Crippen molar-refractivity contribution in [1.29, 1.82) is 0 Å². The van der Waals surface area contributed by atoms with Crippen molar-refractivity contribution in [2.45, 2.75) is 6.92 Å². The van der Waals surface area contributed by atoms with Gasteiger partial charge in [0.1, 0.15) is 5.82 Å². The molecule has 0 spiro atoms. The Bertz CT molecular complexity index is 1220. The highest BCUT2D eigenvalue weighted by molar-refractivity contribution is 6.05. The third-order valence-electron chi connectivity index (χ3n) is 5.84. The van der Waals surface area contributed by atoms with E-state index in [1.54, 1.807) is 6.20 Å². The predicted octanol–water partition coefficient (Wildman–Crippen LogP) is 4.98. The van der Waals surface area contributed by atoms with Gasteiger partial charge in [-0.05, 0) is 66.9 Å². The number of pyridine rings is 1. The molecule has 1 saturated heterocycles. The highest BCUT2D eigenvalue weighted by Crippen LogP contribution is 2.24. The lowest BCUT2D eigenvalue weighted by Gasteiger charge is -2.34. The number of benzene rings is 2. The fourth-order valence-corrected chi connectivity index (χ4v) is 3.93. The maximum absolute atomic E-state index is 12.9. The largest absolute Gasteiger partial charge is 0.369 e. The zero-order chi connectivity index (χ0) is 22.5. The van der Waals surface area contributed by atoms with E-state index >= 15 is 0 Å². The third kappa shape index (κ3) is 4.80. The van der Waals surface area contributed by atoms with E-state index in [9.17, 15) is 4.79 Å². The quantitative estimate of drug-likeness (QED) is 0.463. The van der Waals surface area contributed by atoms with Crippen molar-refractivity contribution >= 4 is 33.8 Å². The van der Waals surface area contributed by atoms with Gasteiger partial charge in [-0.3, -0.25) is 4.79 Å². The molecule has 2 heterocycles. The summed E-state index contributed by atoms with van der Waals surface area (Å²) in [5, 5.41) is 4.98. The van der Waals surface area contributed by atoms with Crippen LogP contribution < -0.4 is 10.2 Å². The van der Waals surface area contributed by atoms with Crippen LogP contribution in [0.5, 0.6) is 0 Å². The first-order valence-electron chi connectivity index (χ1n) is 10.8. The van der Waals surface area contributed by atoms with Crippen molar-refractivity contribution in [1.82, 2.24) is 9.88 Å². The van der Waals surface area contributed by atoms with Crippen LogP contribution in [0.1, 0.15) is 22.8 Å². The Morgan fingerprint density at radius 1 is 1.06 bits per heavy atom. The van der Waals surface area contributed by atoms with Crippen molar-refractivity contribution in [2.75, 3.05) is 43.4 Å². The van der Waals surface area contributed by atoms with Crippen LogP contribution in [-0.4, -0.2) is 49.0 Å². The normalized spacial score (nSPS) is 14.8. The summed E-state index contributed by atoms with van der Waals surface area (Å²) in [4.78, 5) is 22.0. The lowest BCUT2D eigenvalue weighted by atomic mass is 10.0. The van der Waals surface area contributed by atoms with Gasteiger partial charge >= 0.3 is 0 Å². The number of carbonyl (C=O) groups excluding carboxylic acids is 1. The van der Waals surface area contributed by atoms with Crippen LogP contribution in [0.4, 0.5) is 11.5 Å². The molecule has 2 aromatic carbocycles. The van der Waals surface area contributed by atoms with Gasteiger partial charge in [-0.1, -0.05) is 30.9 Å². The molecule has 1 aliphatic rings. The minimum Gasteiger partial charge on any atom is -0.369 e. The number of likely N-dealkylation sites (N-methyl/N-ethyl adjacent to an activating group) is 1. The monoisotopic (exact) mass is 424 g/mol. The van der Waals surface area contributed by atoms with Gasteiger partial charge in [0.25, 0.3) is 5.91 Å². The number of hydrogen-bond acceptors (Lipinski definition) is 4. The number of rotatable bonds is 5. The zero-order valence-corrected chi connectivity index (χ0v) is 18.6. The van der Waals surface area contributed by atoms with Gasteiger partial charge in [-0.2, -0.15) is 0 Å². The molecule has 162 valence electrons. The van der Waals surface area contributed by atoms with Crippen LogP contribution >= 0.6 is 0 Å². The number of allylic oxidation sites excluding steroid dienone is 3. The summed E-state index contributed by atoms with van der Waals surface area (Å²) in [5.41, 5.74) is 6.66. The Morgan fingerprint density at radius 2 is 1.88 bits per heavy atom. The molecular formula is C27H28N4O. The van der Waals surface area contributed by atoms with Crippen LogP contribution in [0.2, 0.25) is 0 Å². The van der Waals surface area contributed by atoms with Gasteiger partial charge in [0.15, 0.2) is 0 Å². The number of nitrogens with one attached hydrogen (secondary N) is 1. The second kappa shape index (κ2) is 9.65. The summed E-state index contributed by atoms with van der Waals surface area (Å²) in [7, 11) is 2.14. The smallest absolute Gasteiger partial charge is 0.256 e. The molecule has 0 saturated carbocycles. The molecule has 0 radical (unpaired) electrons. The Hall–Kier alpha value is -3.66. The predicted molar refractivity (Wildman–Crippen MR) is 133 cm³/mol. The standard InChI is InChI=1S/C27H28N4O/c1-4-7-20(5-2)21-10-11-23-19-28-26(18-24(23)16-21)29-27(32)22-8-6-9-25(17-22)31-14-12-30(3)13-15-31/h5-11,16-19H,1,12-15H2,2-3H3,(H,28,29,32)/b20-5+. The van der Waals surface area contributed by atoms with Crippen LogP contribution in [0, 0.1) is 0 Å². The van der Waals surface area contributed by atoms with Gasteiger partial charge in [-0.15, -0.1) is 5.73 Å². The van der Waals surface area contributed by atoms with Crippen molar-refractivity contribution in [3.63, 3.8) is 0 Å². The number of amides is 1. The number of carbonyl (C=O) groups is 1. The van der Waals surface area contributed by atoms with Gasteiger partial charge in [0, 0.05) is 49.0 Å². The summed E-state index contributed by atoms with van der Waals surface area (Å²) in [5.74, 6) is 0.374. The minimum atomic E-state index is -0.160. The van der Waals surface area contributed by atoms with Crippen molar-refractivity contribution in [3.8, 4) is 0 Å². The van der Waals surface area contributed by atoms with Gasteiger partial charge in [-0.25, -0.2) is 4.98 Å². The zero-order valence-electron chi connectivity index (χ0n) is 18.6. The highest BCUT2D eigenvalue weighted by Gasteiger charge is 2.16. The lowest BCUT2D eigenvalue weighted by Crippen LogP contribution is -2.44. The number of nitrogens with zero attached hydrogens (tertiary/aromatic N) is 3. The topological polar surface area (TPSA) is 48.5 Å². The summed E-state index contributed by atoms with van der Waals surface area (Å²) in [6.45, 7) is 9.63. The molecule has 1 aromatic heterocycles. The summed E-state index contributed by atoms with van der Waals surface area (Å²) in [6.07, 6.45) is 5.67. The summed E-state index contributed by atoms with van der Waals surface area (Å²) >= 11 is 0. The van der Waals surface area contributed by atoms with Crippen LogP contribution in [0.25, 0.3) is 16.3 Å². The molecule has 32 heavy (non-hydrogen) atoms. The molecule has 1 fully saturated rings. The average molecular weight is 425 g/mol. The SMILES string of the molecule is C=C=C/C(=C\C)c1ccc2cnc(NC(=O)c3cccc(N4CCN(C)CC4)c3)cc2c1. The molecule has 1 aliphatic heterocycles. The second-order valence-electron chi connectivity index (χ2n) is 8.02. The van der Waals surface area contributed by atoms with Gasteiger partial charge in [0.05, 0.1) is 0 Å². The Labute approximate surface area is 189 Å². The van der Waals surface area contributed by atoms with E-state index in [1.807, 2.05) is 49.4 Å². The first kappa shape index (κ1) is 21.6. The van der Waals surface area contributed by atoms with E-state index in [1.165, 1.54) is 0 Å². The molecule has 0 bridgehead atoms. The molecule has 5 nitrogen and oxygen atoms in total. The van der Waals surface area contributed by atoms with E-state index in [-0.39, 0.29) is 5.91 Å². The van der Waals surface area contributed by atoms with E-state index in [0.29, 0.717) is 11.4 Å². The molecule has 5 heteroatoms. The number of piperazine rings is 1.